The van der Waals surface area contributed by atoms with Crippen molar-refractivity contribution in [2.45, 2.75) is 25.0 Å². The van der Waals surface area contributed by atoms with Gasteiger partial charge in [-0.15, -0.1) is 11.3 Å². The van der Waals surface area contributed by atoms with Gasteiger partial charge in [-0.05, 0) is 48.4 Å². The molecule has 0 spiro atoms. The van der Waals surface area contributed by atoms with E-state index in [2.05, 4.69) is 5.16 Å². The minimum Gasteiger partial charge on any atom is -0.454 e. The number of aryl methyl sites for hydroxylation is 2. The monoisotopic (exact) mass is 463 g/mol. The second kappa shape index (κ2) is 7.36. The second-order valence-electron chi connectivity index (χ2n) is 5.67. The Bertz CT molecular complexity index is 1530. The molecule has 4 rings (SSSR count). The quantitative estimate of drug-likeness (QED) is 0.551. The highest BCUT2D eigenvalue weighted by molar-refractivity contribution is 7.93. The molecule has 29 heavy (non-hydrogen) atoms. The first kappa shape index (κ1) is 11.6. The fourth-order valence-electron chi connectivity index (χ4n) is 2.46. The lowest BCUT2D eigenvalue weighted by atomic mass is 10.0. The summed E-state index contributed by atoms with van der Waals surface area (Å²) in [5.41, 5.74) is -1.18. The Hall–Kier alpha value is -2.56. The first-order valence-electron chi connectivity index (χ1n) is 12.1. The number of fused-ring (bicyclic) bond motifs is 1. The highest BCUT2D eigenvalue weighted by Gasteiger charge is 2.27. The number of ether oxygens (including phenoxy) is 2. The van der Waals surface area contributed by atoms with Gasteiger partial charge < -0.3 is 14.0 Å². The van der Waals surface area contributed by atoms with Crippen LogP contribution >= 0.6 is 22.9 Å². The van der Waals surface area contributed by atoms with Crippen LogP contribution < -0.4 is 14.2 Å². The first-order chi connectivity index (χ1) is 17.3. The van der Waals surface area contributed by atoms with Crippen molar-refractivity contribution >= 4 is 44.6 Å². The average molecular weight is 464 g/mol. The van der Waals surface area contributed by atoms with E-state index in [0.717, 1.165) is 18.2 Å². The number of carbonyl (C=O) groups is 1. The minimum atomic E-state index is -4.85. The van der Waals surface area contributed by atoms with Crippen LogP contribution in [0.3, 0.4) is 0 Å². The Kier molecular flexibility index (Phi) is 2.94. The number of anilines is 1. The van der Waals surface area contributed by atoms with Crippen molar-refractivity contribution in [3.63, 3.8) is 0 Å². The van der Waals surface area contributed by atoms with Crippen LogP contribution in [0, 0.1) is 13.7 Å². The molecule has 0 bridgehead atoms. The van der Waals surface area contributed by atoms with Crippen LogP contribution in [0.5, 0.6) is 11.5 Å². The molecule has 1 aliphatic rings. The van der Waals surface area contributed by atoms with E-state index in [1.807, 2.05) is 0 Å². The summed E-state index contributed by atoms with van der Waals surface area (Å²) < 4.78 is 109. The Morgan fingerprint density at radius 3 is 2.93 bits per heavy atom. The number of nitrogens with one attached hydrogen (secondary N) is 1. The van der Waals surface area contributed by atoms with Gasteiger partial charge >= 0.3 is 0 Å². The van der Waals surface area contributed by atoms with Crippen molar-refractivity contribution in [3.05, 3.63) is 50.3 Å². The molecule has 2 aromatic heterocycles. The molecule has 11 heteroatoms. The van der Waals surface area contributed by atoms with Gasteiger partial charge in [0.1, 0.15) is 18.4 Å². The zero-order valence-electron chi connectivity index (χ0n) is 23.1. The lowest BCUT2D eigenvalue weighted by molar-refractivity contribution is 0.0994. The lowest BCUT2D eigenvalue weighted by Crippen LogP contribution is -2.16. The van der Waals surface area contributed by atoms with Gasteiger partial charge in [-0.1, -0.05) is 16.8 Å². The molecule has 3 heterocycles. The molecule has 0 saturated carbocycles. The molecule has 0 fully saturated rings. The van der Waals surface area contributed by atoms with E-state index in [1.165, 1.54) is 5.38 Å². The molecule has 8 nitrogen and oxygen atoms in total. The number of hydrogen-bond acceptors (Lipinski definition) is 8. The number of rotatable bonds is 6. The SMILES string of the molecule is [2H]N(c1onc(C([2H])([2H])[2H])c1Cl)S(=O)(=O)c1ccsc1C(=O)Cc1cc2c(cc1C([2H])([2H])[2H])OC([2H])([2H])O2. The number of hydrogen-bond donors (Lipinski definition) is 1. The molecule has 0 atom stereocenters. The minimum absolute atomic E-state index is 0.0878. The Labute approximate surface area is 188 Å². The Morgan fingerprint density at radius 1 is 1.41 bits per heavy atom. The van der Waals surface area contributed by atoms with Crippen LogP contribution in [0.1, 0.15) is 37.5 Å². The zero-order chi connectivity index (χ0) is 28.4. The highest BCUT2D eigenvalue weighted by Crippen LogP contribution is 2.36. The predicted molar refractivity (Wildman–Crippen MR) is 107 cm³/mol. The maximum Gasteiger partial charge on any atom is 0.265 e. The molecule has 0 radical (unpaired) electrons. The van der Waals surface area contributed by atoms with E-state index in [1.54, 1.807) is 0 Å². The van der Waals surface area contributed by atoms with Crippen molar-refractivity contribution in [2.75, 3.05) is 11.5 Å². The van der Waals surface area contributed by atoms with Crippen LogP contribution in [-0.4, -0.2) is 26.1 Å². The standard InChI is InChI=1S/C18H15ClN2O6S2/c1-9-5-13-14(26-8-25-13)7-11(9)6-12(22)17-15(3-4-28-17)29(23,24)21-18-16(19)10(2)20-27-18/h3-5,7,21H,6,8H2,1-2H3/i1D3,2D3,8D2/hD. The largest absolute Gasteiger partial charge is 0.454 e. The van der Waals surface area contributed by atoms with Gasteiger partial charge in [0.15, 0.2) is 18.7 Å². The van der Waals surface area contributed by atoms with Crippen molar-refractivity contribution in [2.24, 2.45) is 0 Å². The van der Waals surface area contributed by atoms with Crippen LogP contribution in [0.25, 0.3) is 0 Å². The molecule has 0 unspecified atom stereocenters. The van der Waals surface area contributed by atoms with Crippen LogP contribution in [0.4, 0.5) is 5.88 Å². The predicted octanol–water partition coefficient (Wildman–Crippen LogP) is 3.96. The average Bonchev–Trinajstić information content (AvgIpc) is 3.47. The molecular weight excluding hydrogens is 440 g/mol. The molecule has 1 N–H and O–H groups in total. The van der Waals surface area contributed by atoms with Gasteiger partial charge in [0.25, 0.3) is 15.9 Å². The molecule has 1 aromatic carbocycles. The summed E-state index contributed by atoms with van der Waals surface area (Å²) in [5, 5.41) is 3.75. The maximum absolute atomic E-state index is 13.2. The van der Waals surface area contributed by atoms with Crippen molar-refractivity contribution in [1.82, 2.24) is 5.16 Å². The number of carbonyl (C=O) groups excluding carboxylic acids is 1. The number of halogens is 1. The molecule has 0 amide bonds. The van der Waals surface area contributed by atoms with Crippen LogP contribution in [0.2, 0.25) is 6.43 Å². The first-order valence-corrected chi connectivity index (χ1v) is 10.4. The summed E-state index contributed by atoms with van der Waals surface area (Å²) in [6.07, 6.45) is -0.624. The van der Waals surface area contributed by atoms with Crippen LogP contribution in [0.15, 0.2) is 33.0 Å². The smallest absolute Gasteiger partial charge is 0.265 e. The summed E-state index contributed by atoms with van der Waals surface area (Å²) in [4.78, 5) is 12.2. The number of sulfonamides is 1. The topological polar surface area (TPSA) is 108 Å². The fourth-order valence-corrected chi connectivity index (χ4v) is 4.93. The van der Waals surface area contributed by atoms with Gasteiger partial charge in [0.2, 0.25) is 6.75 Å². The number of ketones is 1. The van der Waals surface area contributed by atoms with E-state index in [-0.39, 0.29) is 32.2 Å². The number of benzene rings is 1. The third kappa shape index (κ3) is 3.70. The second-order valence-corrected chi connectivity index (χ2v) is 8.54. The number of Topliss-reactive ketones (excluding diaryl/α,β-unsaturated/α-hetero) is 1. The normalized spacial score (nSPS) is 20.1. The molecule has 1 aliphatic heterocycles. The van der Waals surface area contributed by atoms with Crippen molar-refractivity contribution < 1.29 is 39.6 Å². The summed E-state index contributed by atoms with van der Waals surface area (Å²) in [6.45, 7) is -8.14. The molecule has 3 aromatic rings. The summed E-state index contributed by atoms with van der Waals surface area (Å²) in [6, 6.07) is 3.19. The van der Waals surface area contributed by atoms with Crippen LogP contribution in [-0.2, 0) is 16.4 Å². The van der Waals surface area contributed by atoms with E-state index < -0.39 is 64.2 Å². The van der Waals surface area contributed by atoms with Gasteiger partial charge in [-0.25, -0.2) is 13.1 Å². The van der Waals surface area contributed by atoms with E-state index in [4.69, 9.17) is 38.0 Å². The third-order valence-corrected chi connectivity index (χ3v) is 6.53. The summed E-state index contributed by atoms with van der Waals surface area (Å²) in [5.74, 6) is -2.07. The van der Waals surface area contributed by atoms with Gasteiger partial charge in [0, 0.05) is 14.6 Å². The fraction of sp³-hybridized carbons (Fsp3) is 0.222. The zero-order valence-corrected chi connectivity index (χ0v) is 16.4. The summed E-state index contributed by atoms with van der Waals surface area (Å²) in [7, 11) is -4.85. The van der Waals surface area contributed by atoms with Gasteiger partial charge in [0.05, 0.1) is 4.88 Å². The van der Waals surface area contributed by atoms with E-state index >= 15 is 0 Å². The highest BCUT2D eigenvalue weighted by atomic mass is 35.5. The number of nitrogens with zero attached hydrogens (tertiary/aromatic N) is 1. The maximum atomic E-state index is 13.2. The van der Waals surface area contributed by atoms with Crippen molar-refractivity contribution in [3.8, 4) is 11.5 Å². The van der Waals surface area contributed by atoms with E-state index in [9.17, 15) is 13.2 Å². The Morgan fingerprint density at radius 2 is 2.21 bits per heavy atom. The van der Waals surface area contributed by atoms with Gasteiger partial charge in [-0.3, -0.25) is 4.79 Å². The van der Waals surface area contributed by atoms with Crippen molar-refractivity contribution in [1.29, 1.82) is 0 Å². The third-order valence-electron chi connectivity index (χ3n) is 3.81. The molecular formula is C18H15ClN2O6S2. The molecule has 152 valence electrons. The Balaban J connectivity index is 1.69. The lowest BCUT2D eigenvalue weighted by Gasteiger charge is -2.09. The molecule has 0 aliphatic carbocycles. The number of aromatic nitrogens is 1. The van der Waals surface area contributed by atoms with E-state index in [0.29, 0.717) is 11.3 Å². The number of thiophene rings is 1. The molecule has 0 saturated heterocycles. The summed E-state index contributed by atoms with van der Waals surface area (Å²) >= 11 is 6.60. The van der Waals surface area contributed by atoms with Gasteiger partial charge in [-0.2, -0.15) is 0 Å².